The fourth-order valence-corrected chi connectivity index (χ4v) is 3.35. The number of aliphatic imine (C=N–C) groups is 1. The van der Waals surface area contributed by atoms with E-state index in [9.17, 15) is 13.6 Å². The second-order valence-corrected chi connectivity index (χ2v) is 7.00. The van der Waals surface area contributed by atoms with Crippen molar-refractivity contribution in [3.8, 4) is 5.75 Å². The highest BCUT2D eigenvalue weighted by atomic mass is 127. The predicted octanol–water partition coefficient (Wildman–Crippen LogP) is 2.55. The lowest BCUT2D eigenvalue weighted by Crippen LogP contribution is -2.43. The lowest BCUT2D eigenvalue weighted by molar-refractivity contribution is -0.123. The van der Waals surface area contributed by atoms with Gasteiger partial charge in [0.05, 0.1) is 12.5 Å². The minimum absolute atomic E-state index is 0. The molecule has 1 aliphatic heterocycles. The average Bonchev–Trinajstić information content (AvgIpc) is 2.70. The Balaban J connectivity index is 0.00000450. The van der Waals surface area contributed by atoms with Crippen LogP contribution in [0.3, 0.4) is 0 Å². The number of likely N-dealkylation sites (tertiary alicyclic amines) is 1. The zero-order valence-electron chi connectivity index (χ0n) is 17.3. The van der Waals surface area contributed by atoms with Gasteiger partial charge in [-0.05, 0) is 45.3 Å². The Labute approximate surface area is 193 Å². The summed E-state index contributed by atoms with van der Waals surface area (Å²) in [6.07, 6.45) is 2.75. The number of guanidine groups is 1. The van der Waals surface area contributed by atoms with Gasteiger partial charge in [-0.1, -0.05) is 18.2 Å². The molecule has 10 heteroatoms. The standard InChI is InChI=1S/C20H31F2N5O2.HI/c1-2-24-20(26-13-15-7-3-4-9-17(15)29-19(21)22)25-10-6-12-27-11-5-8-16(14-27)18(23)28;/h3-4,7,9,16,19H,2,5-6,8,10-14H2,1H3,(H2,23,28)(H2,24,25,26);1H. The second kappa shape index (κ2) is 14.3. The number of carbonyl (C=O) groups is 1. The van der Waals surface area contributed by atoms with Crippen LogP contribution in [0.15, 0.2) is 29.3 Å². The zero-order chi connectivity index (χ0) is 21.1. The number of ether oxygens (including phenoxy) is 1. The number of alkyl halides is 2. The van der Waals surface area contributed by atoms with Crippen molar-refractivity contribution >= 4 is 35.8 Å². The van der Waals surface area contributed by atoms with Crippen molar-refractivity contribution in [2.24, 2.45) is 16.6 Å². The maximum atomic E-state index is 12.5. The smallest absolute Gasteiger partial charge is 0.387 e. The number of carbonyl (C=O) groups excluding carboxylic acids is 1. The molecule has 1 aliphatic rings. The summed E-state index contributed by atoms with van der Waals surface area (Å²) < 4.78 is 29.6. The van der Waals surface area contributed by atoms with Crippen molar-refractivity contribution in [2.45, 2.75) is 39.3 Å². The highest BCUT2D eigenvalue weighted by molar-refractivity contribution is 14.0. The van der Waals surface area contributed by atoms with Crippen LogP contribution in [0.4, 0.5) is 8.78 Å². The van der Waals surface area contributed by atoms with Crippen molar-refractivity contribution in [3.63, 3.8) is 0 Å². The molecule has 0 radical (unpaired) electrons. The van der Waals surface area contributed by atoms with Crippen LogP contribution in [-0.2, 0) is 11.3 Å². The molecule has 1 heterocycles. The number of para-hydroxylation sites is 1. The molecule has 0 bridgehead atoms. The van der Waals surface area contributed by atoms with Gasteiger partial charge in [-0.2, -0.15) is 8.78 Å². The van der Waals surface area contributed by atoms with Crippen LogP contribution in [0.2, 0.25) is 0 Å². The molecule has 0 aromatic heterocycles. The van der Waals surface area contributed by atoms with Crippen molar-refractivity contribution in [1.82, 2.24) is 15.5 Å². The van der Waals surface area contributed by atoms with Gasteiger partial charge in [0, 0.05) is 25.2 Å². The lowest BCUT2D eigenvalue weighted by Gasteiger charge is -2.31. The van der Waals surface area contributed by atoms with Crippen LogP contribution < -0.4 is 21.1 Å². The molecule has 1 unspecified atom stereocenters. The second-order valence-electron chi connectivity index (χ2n) is 7.00. The SMILES string of the molecule is CCNC(=NCc1ccccc1OC(F)F)NCCCN1CCCC(C(N)=O)C1.I. The van der Waals surface area contributed by atoms with Gasteiger partial charge in [0.15, 0.2) is 5.96 Å². The highest BCUT2D eigenvalue weighted by Gasteiger charge is 2.23. The third-order valence-corrected chi connectivity index (χ3v) is 4.79. The van der Waals surface area contributed by atoms with Gasteiger partial charge in [0.2, 0.25) is 5.91 Å². The van der Waals surface area contributed by atoms with Crippen molar-refractivity contribution in [3.05, 3.63) is 29.8 Å². The van der Waals surface area contributed by atoms with E-state index in [-0.39, 0.29) is 48.1 Å². The number of nitrogens with one attached hydrogen (secondary N) is 2. The van der Waals surface area contributed by atoms with Crippen molar-refractivity contribution in [1.29, 1.82) is 0 Å². The van der Waals surface area contributed by atoms with Gasteiger partial charge in [-0.15, -0.1) is 24.0 Å². The first kappa shape index (κ1) is 26.3. The van der Waals surface area contributed by atoms with Crippen molar-refractivity contribution < 1.29 is 18.3 Å². The van der Waals surface area contributed by atoms with E-state index in [1.807, 2.05) is 6.92 Å². The maximum Gasteiger partial charge on any atom is 0.387 e. The summed E-state index contributed by atoms with van der Waals surface area (Å²) in [5.74, 6) is 0.487. The number of amides is 1. The first-order valence-corrected chi connectivity index (χ1v) is 10.1. The maximum absolute atomic E-state index is 12.5. The molecule has 1 aromatic rings. The Morgan fingerprint density at radius 3 is 2.83 bits per heavy atom. The number of primary amides is 1. The van der Waals surface area contributed by atoms with E-state index in [2.05, 4.69) is 25.3 Å². The number of piperidine rings is 1. The highest BCUT2D eigenvalue weighted by Crippen LogP contribution is 2.21. The first-order chi connectivity index (χ1) is 14.0. The summed E-state index contributed by atoms with van der Waals surface area (Å²) in [6.45, 7) is 3.31. The average molecular weight is 539 g/mol. The van der Waals surface area contributed by atoms with E-state index < -0.39 is 6.61 Å². The van der Waals surface area contributed by atoms with Crippen LogP contribution >= 0.6 is 24.0 Å². The van der Waals surface area contributed by atoms with E-state index in [0.29, 0.717) is 24.6 Å². The molecule has 4 N–H and O–H groups in total. The van der Waals surface area contributed by atoms with E-state index in [1.165, 1.54) is 6.07 Å². The van der Waals surface area contributed by atoms with Crippen LogP contribution in [0.5, 0.6) is 5.75 Å². The molecule has 2 rings (SSSR count). The van der Waals surface area contributed by atoms with Crippen LogP contribution in [-0.4, -0.2) is 56.1 Å². The fourth-order valence-electron chi connectivity index (χ4n) is 3.35. The molecule has 1 atom stereocenters. The number of nitrogens with two attached hydrogens (primary N) is 1. The Hall–Kier alpha value is -1.69. The number of rotatable bonds is 10. The Bertz CT molecular complexity index is 678. The number of hydrogen-bond acceptors (Lipinski definition) is 4. The molecule has 1 fully saturated rings. The van der Waals surface area contributed by atoms with Gasteiger partial charge in [-0.25, -0.2) is 4.99 Å². The fraction of sp³-hybridized carbons (Fsp3) is 0.600. The third-order valence-electron chi connectivity index (χ3n) is 4.79. The van der Waals surface area contributed by atoms with E-state index >= 15 is 0 Å². The van der Waals surface area contributed by atoms with Crippen LogP contribution in [0.1, 0.15) is 31.7 Å². The molecule has 1 amide bonds. The molecule has 0 spiro atoms. The van der Waals surface area contributed by atoms with Gasteiger partial charge in [0.1, 0.15) is 5.75 Å². The van der Waals surface area contributed by atoms with E-state index in [0.717, 1.165) is 38.9 Å². The zero-order valence-corrected chi connectivity index (χ0v) is 19.6. The number of hydrogen-bond donors (Lipinski definition) is 3. The first-order valence-electron chi connectivity index (χ1n) is 10.1. The quantitative estimate of drug-likeness (QED) is 0.184. The van der Waals surface area contributed by atoms with E-state index in [4.69, 9.17) is 5.73 Å². The summed E-state index contributed by atoms with van der Waals surface area (Å²) in [4.78, 5) is 18.1. The van der Waals surface area contributed by atoms with Gasteiger partial charge < -0.3 is 26.0 Å². The molecular weight excluding hydrogens is 507 g/mol. The van der Waals surface area contributed by atoms with Gasteiger partial charge in [0.25, 0.3) is 0 Å². The molecule has 1 saturated heterocycles. The number of nitrogens with zero attached hydrogens (tertiary/aromatic N) is 2. The molecule has 7 nitrogen and oxygen atoms in total. The minimum atomic E-state index is -2.87. The van der Waals surface area contributed by atoms with Gasteiger partial charge in [-0.3, -0.25) is 4.79 Å². The molecule has 0 saturated carbocycles. The number of benzene rings is 1. The molecule has 30 heavy (non-hydrogen) atoms. The summed E-state index contributed by atoms with van der Waals surface area (Å²) in [6, 6.07) is 6.64. The Morgan fingerprint density at radius 2 is 2.13 bits per heavy atom. The Kier molecular flexibility index (Phi) is 12.6. The van der Waals surface area contributed by atoms with Crippen LogP contribution in [0.25, 0.3) is 0 Å². The molecule has 1 aromatic carbocycles. The van der Waals surface area contributed by atoms with Crippen LogP contribution in [0, 0.1) is 5.92 Å². The lowest BCUT2D eigenvalue weighted by atomic mass is 9.97. The summed E-state index contributed by atoms with van der Waals surface area (Å²) in [5, 5.41) is 6.41. The largest absolute Gasteiger partial charge is 0.434 e. The topological polar surface area (TPSA) is 92.0 Å². The van der Waals surface area contributed by atoms with E-state index in [1.54, 1.807) is 18.2 Å². The molecule has 170 valence electrons. The minimum Gasteiger partial charge on any atom is -0.434 e. The normalized spacial score (nSPS) is 17.3. The molecule has 0 aliphatic carbocycles. The summed E-state index contributed by atoms with van der Waals surface area (Å²) >= 11 is 0. The predicted molar refractivity (Wildman–Crippen MR) is 124 cm³/mol. The monoisotopic (exact) mass is 539 g/mol. The summed E-state index contributed by atoms with van der Waals surface area (Å²) in [7, 11) is 0. The Morgan fingerprint density at radius 1 is 1.37 bits per heavy atom. The molecular formula is C20H32F2IN5O2. The number of halogens is 3. The summed E-state index contributed by atoms with van der Waals surface area (Å²) in [5.41, 5.74) is 6.02. The van der Waals surface area contributed by atoms with Gasteiger partial charge >= 0.3 is 6.61 Å². The third kappa shape index (κ3) is 9.41. The van der Waals surface area contributed by atoms with Crippen molar-refractivity contribution in [2.75, 3.05) is 32.7 Å².